The molecular formula is C21H22O6. The van der Waals surface area contributed by atoms with Gasteiger partial charge in [-0.25, -0.2) is 0 Å². The number of phenolic OH excluding ortho intramolecular Hbond substituents is 2. The first-order valence-electron chi connectivity index (χ1n) is 8.56. The van der Waals surface area contributed by atoms with Crippen molar-refractivity contribution in [2.45, 2.75) is 32.0 Å². The molecular weight excluding hydrogens is 348 g/mol. The van der Waals surface area contributed by atoms with E-state index in [9.17, 15) is 20.1 Å². The fourth-order valence-electron chi connectivity index (χ4n) is 3.10. The summed E-state index contributed by atoms with van der Waals surface area (Å²) in [6, 6.07) is 8.24. The highest BCUT2D eigenvalue weighted by Crippen LogP contribution is 2.45. The Hall–Kier alpha value is -2.99. The SMILES string of the molecule is C=C(C)C(O)Cc1c(O)cc(O)c2c1O[C@H](c1ccc(OC)cc1)CC2=O. The molecule has 1 heterocycles. The Labute approximate surface area is 157 Å². The van der Waals surface area contributed by atoms with Crippen molar-refractivity contribution < 1.29 is 29.6 Å². The molecule has 0 aliphatic carbocycles. The third-order valence-electron chi connectivity index (χ3n) is 4.70. The summed E-state index contributed by atoms with van der Waals surface area (Å²) < 4.78 is 11.2. The van der Waals surface area contributed by atoms with Crippen LogP contribution in [0, 0.1) is 0 Å². The largest absolute Gasteiger partial charge is 0.507 e. The lowest BCUT2D eigenvalue weighted by Crippen LogP contribution is -2.23. The number of hydrogen-bond acceptors (Lipinski definition) is 6. The van der Waals surface area contributed by atoms with E-state index in [0.29, 0.717) is 11.3 Å². The lowest BCUT2D eigenvalue weighted by Gasteiger charge is -2.29. The molecule has 6 heteroatoms. The number of hydrogen-bond donors (Lipinski definition) is 3. The van der Waals surface area contributed by atoms with Crippen molar-refractivity contribution in [1.82, 2.24) is 0 Å². The summed E-state index contributed by atoms with van der Waals surface area (Å²) in [4.78, 5) is 12.7. The van der Waals surface area contributed by atoms with Gasteiger partial charge < -0.3 is 24.8 Å². The maximum Gasteiger partial charge on any atom is 0.174 e. The predicted molar refractivity (Wildman–Crippen MR) is 99.6 cm³/mol. The summed E-state index contributed by atoms with van der Waals surface area (Å²) in [7, 11) is 1.57. The predicted octanol–water partition coefficient (Wildman–Crippen LogP) is 3.29. The highest BCUT2D eigenvalue weighted by atomic mass is 16.5. The fraction of sp³-hybridized carbons (Fsp3) is 0.286. The number of ether oxygens (including phenoxy) is 2. The van der Waals surface area contributed by atoms with Crippen LogP contribution in [0.25, 0.3) is 0 Å². The number of methoxy groups -OCH3 is 1. The molecule has 2 aromatic carbocycles. The van der Waals surface area contributed by atoms with Crippen LogP contribution in [0.5, 0.6) is 23.0 Å². The number of carbonyl (C=O) groups excluding carboxylic acids is 1. The highest BCUT2D eigenvalue weighted by Gasteiger charge is 2.34. The standard InChI is InChI=1S/C21H22O6/c1-11(2)15(22)8-14-16(23)9-17(24)20-18(25)10-19(27-21(14)20)12-4-6-13(26-3)7-5-12/h4-7,9,15,19,22-24H,1,8,10H2,2-3H3/t15?,19-/m0/s1. The van der Waals surface area contributed by atoms with Gasteiger partial charge in [0.15, 0.2) is 5.78 Å². The van der Waals surface area contributed by atoms with Gasteiger partial charge in [0.2, 0.25) is 0 Å². The molecule has 1 aliphatic rings. The number of carbonyl (C=O) groups is 1. The van der Waals surface area contributed by atoms with Gasteiger partial charge in [0.1, 0.15) is 34.7 Å². The summed E-state index contributed by atoms with van der Waals surface area (Å²) >= 11 is 0. The van der Waals surface area contributed by atoms with Crippen LogP contribution in [0.15, 0.2) is 42.5 Å². The molecule has 0 spiro atoms. The average molecular weight is 370 g/mol. The second-order valence-electron chi connectivity index (χ2n) is 6.67. The molecule has 6 nitrogen and oxygen atoms in total. The molecule has 1 unspecified atom stereocenters. The number of aromatic hydroxyl groups is 2. The molecule has 0 fully saturated rings. The normalized spacial score (nSPS) is 17.0. The molecule has 0 bridgehead atoms. The van der Waals surface area contributed by atoms with Crippen LogP contribution < -0.4 is 9.47 Å². The number of aliphatic hydroxyl groups is 1. The second-order valence-corrected chi connectivity index (χ2v) is 6.67. The monoisotopic (exact) mass is 370 g/mol. The Morgan fingerprint density at radius 2 is 1.96 bits per heavy atom. The zero-order valence-electron chi connectivity index (χ0n) is 15.2. The zero-order valence-corrected chi connectivity index (χ0v) is 15.2. The van der Waals surface area contributed by atoms with E-state index in [1.54, 1.807) is 38.3 Å². The molecule has 0 amide bonds. The van der Waals surface area contributed by atoms with Gasteiger partial charge in [-0.2, -0.15) is 0 Å². The summed E-state index contributed by atoms with van der Waals surface area (Å²) in [6.45, 7) is 5.37. The summed E-state index contributed by atoms with van der Waals surface area (Å²) in [5.74, 6) is -0.0867. The maximum absolute atomic E-state index is 12.7. The number of Topliss-reactive ketones (excluding diaryl/α,β-unsaturated/α-hetero) is 1. The van der Waals surface area contributed by atoms with E-state index in [-0.39, 0.29) is 47.0 Å². The number of ketones is 1. The van der Waals surface area contributed by atoms with Crippen molar-refractivity contribution in [3.8, 4) is 23.0 Å². The Morgan fingerprint density at radius 3 is 2.56 bits per heavy atom. The van der Waals surface area contributed by atoms with E-state index in [0.717, 1.165) is 11.6 Å². The minimum atomic E-state index is -0.912. The van der Waals surface area contributed by atoms with E-state index < -0.39 is 12.2 Å². The second kappa shape index (κ2) is 7.32. The third kappa shape index (κ3) is 3.61. The van der Waals surface area contributed by atoms with Crippen molar-refractivity contribution in [2.24, 2.45) is 0 Å². The van der Waals surface area contributed by atoms with Crippen LogP contribution in [0.1, 0.15) is 40.9 Å². The maximum atomic E-state index is 12.7. The summed E-state index contributed by atoms with van der Waals surface area (Å²) in [6.07, 6.45) is -1.41. The van der Waals surface area contributed by atoms with Crippen LogP contribution in [-0.4, -0.2) is 34.3 Å². The summed E-state index contributed by atoms with van der Waals surface area (Å²) in [5.41, 5.74) is 1.58. The van der Waals surface area contributed by atoms with Gasteiger partial charge in [-0.15, -0.1) is 0 Å². The molecule has 3 rings (SSSR count). The van der Waals surface area contributed by atoms with Gasteiger partial charge in [0, 0.05) is 18.1 Å². The first kappa shape index (κ1) is 18.8. The van der Waals surface area contributed by atoms with E-state index in [1.807, 2.05) is 0 Å². The van der Waals surface area contributed by atoms with Crippen LogP contribution in [0.2, 0.25) is 0 Å². The Kier molecular flexibility index (Phi) is 5.10. The minimum Gasteiger partial charge on any atom is -0.507 e. The van der Waals surface area contributed by atoms with Crippen LogP contribution in [0.4, 0.5) is 0 Å². The van der Waals surface area contributed by atoms with Gasteiger partial charge in [-0.05, 0) is 24.6 Å². The zero-order chi connectivity index (χ0) is 19.7. The van der Waals surface area contributed by atoms with Crippen LogP contribution in [0.3, 0.4) is 0 Å². The van der Waals surface area contributed by atoms with E-state index in [2.05, 4.69) is 6.58 Å². The van der Waals surface area contributed by atoms with Gasteiger partial charge in [-0.3, -0.25) is 4.79 Å². The fourth-order valence-corrected chi connectivity index (χ4v) is 3.10. The van der Waals surface area contributed by atoms with Crippen LogP contribution in [-0.2, 0) is 6.42 Å². The summed E-state index contributed by atoms with van der Waals surface area (Å²) in [5, 5.41) is 30.6. The Morgan fingerprint density at radius 1 is 1.30 bits per heavy atom. The Balaban J connectivity index is 2.03. The van der Waals surface area contributed by atoms with Gasteiger partial charge in [0.05, 0.1) is 19.6 Å². The molecule has 2 atom stereocenters. The molecule has 1 aliphatic heterocycles. The molecule has 0 radical (unpaired) electrons. The smallest absolute Gasteiger partial charge is 0.174 e. The van der Waals surface area contributed by atoms with Crippen molar-refractivity contribution in [1.29, 1.82) is 0 Å². The van der Waals surface area contributed by atoms with Crippen molar-refractivity contribution in [3.63, 3.8) is 0 Å². The van der Waals surface area contributed by atoms with Crippen molar-refractivity contribution in [2.75, 3.05) is 7.11 Å². The van der Waals surface area contributed by atoms with Gasteiger partial charge >= 0.3 is 0 Å². The Bertz CT molecular complexity index is 885. The third-order valence-corrected chi connectivity index (χ3v) is 4.70. The topological polar surface area (TPSA) is 96.2 Å². The first-order chi connectivity index (χ1) is 12.8. The molecule has 142 valence electrons. The van der Waals surface area contributed by atoms with Crippen LogP contribution >= 0.6 is 0 Å². The minimum absolute atomic E-state index is 0.0202. The van der Waals surface area contributed by atoms with Gasteiger partial charge in [-0.1, -0.05) is 24.3 Å². The average Bonchev–Trinajstić information content (AvgIpc) is 2.64. The lowest BCUT2D eigenvalue weighted by molar-refractivity contribution is 0.0839. The number of benzene rings is 2. The molecule has 3 N–H and O–H groups in total. The van der Waals surface area contributed by atoms with E-state index in [1.165, 1.54) is 0 Å². The number of phenols is 2. The molecule has 0 aromatic heterocycles. The number of fused-ring (bicyclic) bond motifs is 1. The first-order valence-corrected chi connectivity index (χ1v) is 8.56. The van der Waals surface area contributed by atoms with Crippen molar-refractivity contribution >= 4 is 5.78 Å². The number of rotatable bonds is 5. The molecule has 27 heavy (non-hydrogen) atoms. The van der Waals surface area contributed by atoms with Crippen molar-refractivity contribution in [3.05, 3.63) is 59.2 Å². The molecule has 2 aromatic rings. The molecule has 0 saturated heterocycles. The highest BCUT2D eigenvalue weighted by molar-refractivity contribution is 6.03. The van der Waals surface area contributed by atoms with E-state index in [4.69, 9.17) is 9.47 Å². The number of aliphatic hydroxyl groups excluding tert-OH is 1. The van der Waals surface area contributed by atoms with Gasteiger partial charge in [0.25, 0.3) is 0 Å². The quantitative estimate of drug-likeness (QED) is 0.699. The van der Waals surface area contributed by atoms with E-state index >= 15 is 0 Å². The lowest BCUT2D eigenvalue weighted by atomic mass is 9.91. The molecule has 0 saturated carbocycles.